The van der Waals surface area contributed by atoms with Crippen molar-refractivity contribution in [3.05, 3.63) is 84.4 Å². The van der Waals surface area contributed by atoms with Crippen LogP contribution in [0.2, 0.25) is 10.0 Å². The molecule has 0 aliphatic carbocycles. The van der Waals surface area contributed by atoms with Gasteiger partial charge in [0.25, 0.3) is 5.56 Å². The molecule has 5 rings (SSSR count). The van der Waals surface area contributed by atoms with Crippen molar-refractivity contribution in [2.24, 2.45) is 5.92 Å². The summed E-state index contributed by atoms with van der Waals surface area (Å²) < 4.78 is 7.80. The molecule has 0 fully saturated rings. The molecule has 0 radical (unpaired) electrons. The van der Waals surface area contributed by atoms with Crippen molar-refractivity contribution in [1.82, 2.24) is 9.55 Å². The number of hydrogen-bond donors (Lipinski definition) is 0. The molecular weight excluding hydrogens is 507 g/mol. The zero-order valence-electron chi connectivity index (χ0n) is 19.1. The van der Waals surface area contributed by atoms with Crippen molar-refractivity contribution >= 4 is 56.5 Å². The third-order valence-corrected chi connectivity index (χ3v) is 8.89. The summed E-state index contributed by atoms with van der Waals surface area (Å²) in [6.07, 6.45) is 0.841. The van der Waals surface area contributed by atoms with E-state index in [0.717, 1.165) is 43.9 Å². The molecule has 0 N–H and O–H groups in total. The van der Waals surface area contributed by atoms with E-state index in [0.29, 0.717) is 33.5 Å². The highest BCUT2D eigenvalue weighted by Gasteiger charge is 2.29. The highest BCUT2D eigenvalue weighted by atomic mass is 35.5. The Morgan fingerprint density at radius 3 is 2.65 bits per heavy atom. The molecule has 2 aromatic heterocycles. The van der Waals surface area contributed by atoms with E-state index in [-0.39, 0.29) is 11.7 Å². The van der Waals surface area contributed by atoms with Gasteiger partial charge >= 0.3 is 0 Å². The van der Waals surface area contributed by atoms with E-state index in [4.69, 9.17) is 32.9 Å². The van der Waals surface area contributed by atoms with Gasteiger partial charge in [-0.2, -0.15) is 0 Å². The molecule has 2 aromatic carbocycles. The summed E-state index contributed by atoms with van der Waals surface area (Å²) in [5.41, 5.74) is 3.77. The minimum atomic E-state index is -0.0368. The standard InChI is InChI=1S/C26H24Cl2N2O2S2/c1-14(2)21-11-17-22(12-32-21)34-24-23(17)25(31)30(16-7-4-6-15(3)10-16)26(29-24)33-13-18-19(27)8-5-9-20(18)28/h4-10,14,21H,11-13H2,1-3H3/t21-/m1/s1. The number of rotatable bonds is 5. The van der Waals surface area contributed by atoms with Crippen LogP contribution in [0, 0.1) is 12.8 Å². The van der Waals surface area contributed by atoms with Crippen LogP contribution in [0.1, 0.15) is 35.4 Å². The highest BCUT2D eigenvalue weighted by molar-refractivity contribution is 7.98. The number of aromatic nitrogens is 2. The number of thiophene rings is 1. The fourth-order valence-corrected chi connectivity index (χ4v) is 7.15. The summed E-state index contributed by atoms with van der Waals surface area (Å²) in [4.78, 5) is 20.9. The quantitative estimate of drug-likeness (QED) is 0.198. The number of halogens is 2. The van der Waals surface area contributed by atoms with Gasteiger partial charge in [-0.3, -0.25) is 9.36 Å². The van der Waals surface area contributed by atoms with E-state index < -0.39 is 0 Å². The van der Waals surface area contributed by atoms with Gasteiger partial charge in [0.05, 0.1) is 23.8 Å². The Bertz CT molecular complexity index is 1420. The molecule has 0 amide bonds. The van der Waals surface area contributed by atoms with Crippen LogP contribution in [0.5, 0.6) is 0 Å². The summed E-state index contributed by atoms with van der Waals surface area (Å²) in [5, 5.41) is 2.55. The fourth-order valence-electron chi connectivity index (χ4n) is 4.23. The first-order valence-electron chi connectivity index (χ1n) is 11.1. The van der Waals surface area contributed by atoms with Crippen LogP contribution in [0.3, 0.4) is 0 Å². The molecule has 176 valence electrons. The maximum Gasteiger partial charge on any atom is 0.267 e. The molecule has 1 aliphatic rings. The van der Waals surface area contributed by atoms with Crippen LogP contribution in [-0.2, 0) is 23.5 Å². The molecule has 8 heteroatoms. The first kappa shape index (κ1) is 23.9. The number of hydrogen-bond acceptors (Lipinski definition) is 5. The van der Waals surface area contributed by atoms with Crippen molar-refractivity contribution in [1.29, 1.82) is 0 Å². The molecule has 0 saturated carbocycles. The van der Waals surface area contributed by atoms with Gasteiger partial charge in [0.15, 0.2) is 5.16 Å². The van der Waals surface area contributed by atoms with Crippen LogP contribution < -0.4 is 5.56 Å². The molecular formula is C26H24Cl2N2O2S2. The largest absolute Gasteiger partial charge is 0.372 e. The van der Waals surface area contributed by atoms with Crippen LogP contribution >= 0.6 is 46.3 Å². The summed E-state index contributed by atoms with van der Waals surface area (Å²) in [6.45, 7) is 6.86. The average molecular weight is 532 g/mol. The second-order valence-corrected chi connectivity index (χ2v) is 11.7. The minimum Gasteiger partial charge on any atom is -0.372 e. The predicted octanol–water partition coefficient (Wildman–Crippen LogP) is 7.45. The molecule has 0 saturated heterocycles. The monoisotopic (exact) mass is 530 g/mol. The summed E-state index contributed by atoms with van der Waals surface area (Å²) in [5.74, 6) is 0.886. The second kappa shape index (κ2) is 9.67. The minimum absolute atomic E-state index is 0.0368. The topological polar surface area (TPSA) is 44.1 Å². The molecule has 3 heterocycles. The zero-order valence-corrected chi connectivity index (χ0v) is 22.2. The lowest BCUT2D eigenvalue weighted by Gasteiger charge is -2.26. The predicted molar refractivity (Wildman–Crippen MR) is 143 cm³/mol. The highest BCUT2D eigenvalue weighted by Crippen LogP contribution is 2.37. The number of thioether (sulfide) groups is 1. The molecule has 0 spiro atoms. The van der Waals surface area contributed by atoms with E-state index in [1.807, 2.05) is 49.4 Å². The lowest BCUT2D eigenvalue weighted by atomic mass is 9.96. The maximum absolute atomic E-state index is 14.0. The van der Waals surface area contributed by atoms with Gasteiger partial charge < -0.3 is 4.74 Å². The van der Waals surface area contributed by atoms with Crippen molar-refractivity contribution in [3.8, 4) is 5.69 Å². The molecule has 34 heavy (non-hydrogen) atoms. The van der Waals surface area contributed by atoms with E-state index in [9.17, 15) is 4.79 Å². The number of aryl methyl sites for hydroxylation is 1. The van der Waals surface area contributed by atoms with Crippen molar-refractivity contribution in [2.45, 2.75) is 50.8 Å². The third kappa shape index (κ3) is 4.42. The van der Waals surface area contributed by atoms with Gasteiger partial charge in [-0.1, -0.05) is 67.0 Å². The maximum atomic E-state index is 14.0. The molecule has 0 unspecified atom stereocenters. The normalized spacial score (nSPS) is 15.8. The van der Waals surface area contributed by atoms with Gasteiger partial charge in [-0.15, -0.1) is 11.3 Å². The number of fused-ring (bicyclic) bond motifs is 3. The fraction of sp³-hybridized carbons (Fsp3) is 0.308. The summed E-state index contributed by atoms with van der Waals surface area (Å²) in [6, 6.07) is 13.4. The van der Waals surface area contributed by atoms with Gasteiger partial charge in [0.2, 0.25) is 0 Å². The zero-order chi connectivity index (χ0) is 24.0. The van der Waals surface area contributed by atoms with Crippen molar-refractivity contribution < 1.29 is 4.74 Å². The Balaban J connectivity index is 1.67. The molecule has 4 nitrogen and oxygen atoms in total. The number of benzene rings is 2. The first-order valence-corrected chi connectivity index (χ1v) is 13.7. The van der Waals surface area contributed by atoms with E-state index in [1.54, 1.807) is 15.9 Å². The Morgan fingerprint density at radius 1 is 1.21 bits per heavy atom. The van der Waals surface area contributed by atoms with E-state index in [2.05, 4.69) is 13.8 Å². The van der Waals surface area contributed by atoms with Crippen LogP contribution in [-0.4, -0.2) is 15.7 Å². The Labute approximate surface area is 216 Å². The summed E-state index contributed by atoms with van der Waals surface area (Å²) >= 11 is 15.8. The molecule has 1 aliphatic heterocycles. The summed E-state index contributed by atoms with van der Waals surface area (Å²) in [7, 11) is 0. The van der Waals surface area contributed by atoms with Gasteiger partial charge in [0, 0.05) is 27.1 Å². The Kier molecular flexibility index (Phi) is 6.79. The van der Waals surface area contributed by atoms with Crippen LogP contribution in [0.4, 0.5) is 0 Å². The second-order valence-electron chi connectivity index (χ2n) is 8.84. The number of ether oxygens (including phenoxy) is 1. The molecule has 1 atom stereocenters. The van der Waals surface area contributed by atoms with Gasteiger partial charge in [-0.05, 0) is 53.8 Å². The molecule has 0 bridgehead atoms. The van der Waals surface area contributed by atoms with Crippen LogP contribution in [0.15, 0.2) is 52.4 Å². The van der Waals surface area contributed by atoms with E-state index >= 15 is 0 Å². The van der Waals surface area contributed by atoms with Crippen LogP contribution in [0.25, 0.3) is 15.9 Å². The average Bonchev–Trinajstić information content (AvgIpc) is 3.16. The third-order valence-electron chi connectivity index (χ3n) is 6.12. The smallest absolute Gasteiger partial charge is 0.267 e. The Morgan fingerprint density at radius 2 is 1.94 bits per heavy atom. The number of nitrogens with zero attached hydrogens (tertiary/aromatic N) is 2. The SMILES string of the molecule is Cc1cccc(-n2c(SCc3c(Cl)cccc3Cl)nc3sc4c(c3c2=O)C[C@H](C(C)C)OC4)c1. The van der Waals surface area contributed by atoms with Gasteiger partial charge in [-0.25, -0.2) is 4.98 Å². The van der Waals surface area contributed by atoms with Gasteiger partial charge in [0.1, 0.15) is 4.83 Å². The lowest BCUT2D eigenvalue weighted by molar-refractivity contribution is 0.00200. The van der Waals surface area contributed by atoms with Crippen molar-refractivity contribution in [2.75, 3.05) is 0 Å². The first-order chi connectivity index (χ1) is 16.3. The van der Waals surface area contributed by atoms with Crippen molar-refractivity contribution in [3.63, 3.8) is 0 Å². The van der Waals surface area contributed by atoms with E-state index in [1.165, 1.54) is 11.8 Å². The molecule has 4 aromatic rings. The Hall–Kier alpha value is -1.83. The lowest BCUT2D eigenvalue weighted by Crippen LogP contribution is -2.28.